The normalized spacial score (nSPS) is 32.3. The van der Waals surface area contributed by atoms with Crippen LogP contribution < -0.4 is 0 Å². The minimum atomic E-state index is -0.0340. The molecular weight excluding hydrogens is 328 g/mol. The highest BCUT2D eigenvalue weighted by atomic mass is 16.7. The molecule has 0 aromatic carbocycles. The second-order valence-corrected chi connectivity index (χ2v) is 8.62. The predicted molar refractivity (Wildman–Crippen MR) is 104 cm³/mol. The van der Waals surface area contributed by atoms with E-state index in [1.165, 1.54) is 32.1 Å². The van der Waals surface area contributed by atoms with E-state index in [-0.39, 0.29) is 23.8 Å². The molecule has 0 unspecified atom stereocenters. The highest BCUT2D eigenvalue weighted by Gasteiger charge is 2.41. The van der Waals surface area contributed by atoms with Gasteiger partial charge in [-0.25, -0.2) is 0 Å². The highest BCUT2D eigenvalue weighted by molar-refractivity contribution is 5.69. The van der Waals surface area contributed by atoms with Gasteiger partial charge in [0.25, 0.3) is 0 Å². The summed E-state index contributed by atoms with van der Waals surface area (Å²) in [5.74, 6) is 0.572. The lowest BCUT2D eigenvalue weighted by Crippen LogP contribution is -2.46. The van der Waals surface area contributed by atoms with Gasteiger partial charge in [-0.15, -0.1) is 0 Å². The van der Waals surface area contributed by atoms with Gasteiger partial charge in [0.2, 0.25) is 0 Å². The third-order valence-electron chi connectivity index (χ3n) is 6.15. The third-order valence-corrected chi connectivity index (χ3v) is 6.15. The van der Waals surface area contributed by atoms with Crippen molar-refractivity contribution in [1.29, 1.82) is 0 Å². The second kappa shape index (κ2) is 11.3. The van der Waals surface area contributed by atoms with Gasteiger partial charge in [0.05, 0.1) is 13.2 Å². The number of rotatable bonds is 10. The van der Waals surface area contributed by atoms with Crippen molar-refractivity contribution < 1.29 is 19.0 Å². The van der Waals surface area contributed by atoms with E-state index in [0.717, 1.165) is 51.7 Å². The third kappa shape index (κ3) is 6.84. The van der Waals surface area contributed by atoms with E-state index in [0.29, 0.717) is 12.3 Å². The Morgan fingerprint density at radius 2 is 1.62 bits per heavy atom. The molecule has 0 atom stereocenters. The van der Waals surface area contributed by atoms with Crippen LogP contribution in [0, 0.1) is 11.3 Å². The van der Waals surface area contributed by atoms with Crippen molar-refractivity contribution in [1.82, 2.24) is 0 Å². The van der Waals surface area contributed by atoms with Crippen molar-refractivity contribution in [2.45, 2.75) is 110 Å². The highest BCUT2D eigenvalue weighted by Crippen LogP contribution is 2.42. The van der Waals surface area contributed by atoms with Gasteiger partial charge in [-0.2, -0.15) is 0 Å². The van der Waals surface area contributed by atoms with Crippen LogP contribution in [0.15, 0.2) is 0 Å². The number of hydrogen-bond donors (Lipinski definition) is 0. The Labute approximate surface area is 160 Å². The molecule has 2 fully saturated rings. The van der Waals surface area contributed by atoms with E-state index < -0.39 is 0 Å². The maximum absolute atomic E-state index is 11.7. The number of hydrogen-bond acceptors (Lipinski definition) is 4. The average molecular weight is 369 g/mol. The average Bonchev–Trinajstić information content (AvgIpc) is 2.64. The fraction of sp³-hybridized carbons (Fsp3) is 0.955. The van der Waals surface area contributed by atoms with Crippen molar-refractivity contribution >= 4 is 5.97 Å². The Balaban J connectivity index is 1.65. The molecule has 0 aromatic rings. The van der Waals surface area contributed by atoms with Crippen molar-refractivity contribution in [3.8, 4) is 0 Å². The Hall–Kier alpha value is -0.610. The van der Waals surface area contributed by atoms with E-state index in [1.54, 1.807) is 0 Å². The summed E-state index contributed by atoms with van der Waals surface area (Å²) in [5, 5.41) is 0. The summed E-state index contributed by atoms with van der Waals surface area (Å²) < 4.78 is 17.7. The molecule has 2 aliphatic rings. The number of unbranched alkanes of at least 4 members (excludes halogenated alkanes) is 4. The first-order valence-electron chi connectivity index (χ1n) is 11.0. The first-order valence-corrected chi connectivity index (χ1v) is 11.0. The molecule has 1 saturated carbocycles. The summed E-state index contributed by atoms with van der Waals surface area (Å²) in [5.41, 5.74) is 0.108. The quantitative estimate of drug-likeness (QED) is 0.370. The smallest absolute Gasteiger partial charge is 0.306 e. The molecule has 0 bridgehead atoms. The zero-order valence-corrected chi connectivity index (χ0v) is 17.3. The SMILES string of the molecule is CCCCCCC[C@H]1OC[C@@](C)(C2CCC(OC(=O)CCC)CC2)CO1. The summed E-state index contributed by atoms with van der Waals surface area (Å²) in [6.45, 7) is 8.17. The molecule has 0 radical (unpaired) electrons. The van der Waals surface area contributed by atoms with E-state index >= 15 is 0 Å². The first-order chi connectivity index (χ1) is 12.6. The molecule has 0 aromatic heterocycles. The molecule has 0 amide bonds. The summed E-state index contributed by atoms with van der Waals surface area (Å²) >= 11 is 0. The maximum atomic E-state index is 11.7. The Morgan fingerprint density at radius 1 is 0.962 bits per heavy atom. The van der Waals surface area contributed by atoms with Gasteiger partial charge in [-0.3, -0.25) is 4.79 Å². The Bertz CT molecular complexity index is 393. The van der Waals surface area contributed by atoms with Crippen molar-refractivity contribution in [3.63, 3.8) is 0 Å². The minimum Gasteiger partial charge on any atom is -0.462 e. The van der Waals surface area contributed by atoms with Crippen LogP contribution in [-0.2, 0) is 19.0 Å². The fourth-order valence-electron chi connectivity index (χ4n) is 4.30. The molecule has 0 spiro atoms. The molecule has 2 rings (SSSR count). The second-order valence-electron chi connectivity index (χ2n) is 8.62. The van der Waals surface area contributed by atoms with E-state index in [1.807, 2.05) is 6.92 Å². The van der Waals surface area contributed by atoms with Crippen LogP contribution in [0.5, 0.6) is 0 Å². The lowest BCUT2D eigenvalue weighted by molar-refractivity contribution is -0.242. The maximum Gasteiger partial charge on any atom is 0.306 e. The van der Waals surface area contributed by atoms with Gasteiger partial charge in [0, 0.05) is 11.8 Å². The topological polar surface area (TPSA) is 44.8 Å². The Kier molecular flexibility index (Phi) is 9.41. The molecule has 26 heavy (non-hydrogen) atoms. The van der Waals surface area contributed by atoms with Gasteiger partial charge >= 0.3 is 5.97 Å². The van der Waals surface area contributed by atoms with Crippen molar-refractivity contribution in [3.05, 3.63) is 0 Å². The van der Waals surface area contributed by atoms with Crippen molar-refractivity contribution in [2.75, 3.05) is 13.2 Å². The van der Waals surface area contributed by atoms with Crippen LogP contribution in [0.1, 0.15) is 97.8 Å². The molecule has 1 saturated heterocycles. The number of carbonyl (C=O) groups is 1. The molecule has 1 heterocycles. The molecule has 152 valence electrons. The van der Waals surface area contributed by atoms with E-state index in [2.05, 4.69) is 13.8 Å². The monoisotopic (exact) mass is 368 g/mol. The van der Waals surface area contributed by atoms with Crippen molar-refractivity contribution in [2.24, 2.45) is 11.3 Å². The van der Waals surface area contributed by atoms with Gasteiger partial charge in [0.1, 0.15) is 6.10 Å². The largest absolute Gasteiger partial charge is 0.462 e. The van der Waals surface area contributed by atoms with Crippen LogP contribution in [0.2, 0.25) is 0 Å². The predicted octanol–water partition coefficient (Wildman–Crippen LogP) is 5.63. The van der Waals surface area contributed by atoms with Crippen LogP contribution in [0.4, 0.5) is 0 Å². The van der Waals surface area contributed by atoms with Crippen LogP contribution in [0.3, 0.4) is 0 Å². The molecule has 0 N–H and O–H groups in total. The molecular formula is C22H40O4. The zero-order valence-electron chi connectivity index (χ0n) is 17.3. The van der Waals surface area contributed by atoms with E-state index in [4.69, 9.17) is 14.2 Å². The van der Waals surface area contributed by atoms with Gasteiger partial charge in [0.15, 0.2) is 6.29 Å². The lowest BCUT2D eigenvalue weighted by Gasteiger charge is -2.45. The molecule has 1 aliphatic heterocycles. The standard InChI is InChI=1S/C22H40O4/c1-4-6-7-8-9-11-21-24-16-22(3,17-25-21)18-12-14-19(15-13-18)26-20(23)10-5-2/h18-19,21H,4-17H2,1-3H3/t18?,19?,21-,22+. The molecule has 1 aliphatic carbocycles. The fourth-order valence-corrected chi connectivity index (χ4v) is 4.30. The Morgan fingerprint density at radius 3 is 2.23 bits per heavy atom. The van der Waals surface area contributed by atoms with Crippen LogP contribution in [0.25, 0.3) is 0 Å². The number of carbonyl (C=O) groups excluding carboxylic acids is 1. The van der Waals surface area contributed by atoms with E-state index in [9.17, 15) is 4.79 Å². The van der Waals surface area contributed by atoms with Gasteiger partial charge < -0.3 is 14.2 Å². The summed E-state index contributed by atoms with van der Waals surface area (Å²) in [6.07, 6.45) is 13.2. The van der Waals surface area contributed by atoms with Crippen LogP contribution >= 0.6 is 0 Å². The lowest BCUT2D eigenvalue weighted by atomic mass is 9.70. The number of esters is 1. The zero-order chi connectivity index (χ0) is 18.8. The number of ether oxygens (including phenoxy) is 3. The first kappa shape index (κ1) is 21.7. The molecule has 4 nitrogen and oxygen atoms in total. The van der Waals surface area contributed by atoms with Gasteiger partial charge in [-0.05, 0) is 50.9 Å². The van der Waals surface area contributed by atoms with Crippen LogP contribution in [-0.4, -0.2) is 31.6 Å². The van der Waals surface area contributed by atoms with Gasteiger partial charge in [-0.1, -0.05) is 46.5 Å². The minimum absolute atomic E-state index is 0.00367. The summed E-state index contributed by atoms with van der Waals surface area (Å²) in [7, 11) is 0. The summed E-state index contributed by atoms with van der Waals surface area (Å²) in [4.78, 5) is 11.7. The molecule has 4 heteroatoms. The summed E-state index contributed by atoms with van der Waals surface area (Å²) in [6, 6.07) is 0.